The molecule has 1 rings (SSSR count). The number of carbonyl (C=O) groups excluding carboxylic acids is 1. The zero-order valence-electron chi connectivity index (χ0n) is 11.0. The molecule has 1 aliphatic rings. The molecule has 94 valence electrons. The van der Waals surface area contributed by atoms with Crippen LogP contribution in [0.15, 0.2) is 0 Å². The molecule has 0 aromatic rings. The van der Waals surface area contributed by atoms with E-state index < -0.39 is 0 Å². The van der Waals surface area contributed by atoms with Crippen LogP contribution < -0.4 is 0 Å². The molecule has 1 N–H and O–H groups in total. The van der Waals surface area contributed by atoms with E-state index in [1.165, 1.54) is 25.7 Å². The summed E-state index contributed by atoms with van der Waals surface area (Å²) < 4.78 is 0. The molecule has 0 aliphatic heterocycles. The molecule has 2 nitrogen and oxygen atoms in total. The highest BCUT2D eigenvalue weighted by molar-refractivity contribution is 5.83. The van der Waals surface area contributed by atoms with Crippen LogP contribution in [0.2, 0.25) is 0 Å². The maximum absolute atomic E-state index is 11.7. The van der Waals surface area contributed by atoms with Crippen molar-refractivity contribution in [3.05, 3.63) is 0 Å². The van der Waals surface area contributed by atoms with E-state index in [9.17, 15) is 9.90 Å². The second kappa shape index (κ2) is 5.81. The number of hydrogen-bond acceptors (Lipinski definition) is 2. The minimum atomic E-state index is -0.269. The van der Waals surface area contributed by atoms with Crippen molar-refractivity contribution in [3.63, 3.8) is 0 Å². The van der Waals surface area contributed by atoms with Crippen LogP contribution in [0.1, 0.15) is 65.7 Å². The number of aliphatic hydroxyl groups is 1. The molecule has 0 radical (unpaired) electrons. The third-order valence-electron chi connectivity index (χ3n) is 3.62. The van der Waals surface area contributed by atoms with Crippen molar-refractivity contribution in [1.82, 2.24) is 0 Å². The van der Waals surface area contributed by atoms with Gasteiger partial charge in [-0.05, 0) is 18.8 Å². The first kappa shape index (κ1) is 13.7. The molecule has 1 aliphatic carbocycles. The monoisotopic (exact) mass is 226 g/mol. The summed E-state index contributed by atoms with van der Waals surface area (Å²) >= 11 is 0. The molecular formula is C14H26O2. The molecule has 1 fully saturated rings. The van der Waals surface area contributed by atoms with Crippen molar-refractivity contribution in [2.24, 2.45) is 11.3 Å². The lowest BCUT2D eigenvalue weighted by molar-refractivity contribution is -0.126. The third kappa shape index (κ3) is 4.65. The van der Waals surface area contributed by atoms with Crippen LogP contribution in [0, 0.1) is 11.3 Å². The van der Waals surface area contributed by atoms with Crippen LogP contribution in [0.4, 0.5) is 0 Å². The molecule has 0 bridgehead atoms. The summed E-state index contributed by atoms with van der Waals surface area (Å²) in [5, 5.41) is 9.87. The molecular weight excluding hydrogens is 200 g/mol. The fourth-order valence-electron chi connectivity index (χ4n) is 2.42. The van der Waals surface area contributed by atoms with Crippen molar-refractivity contribution in [1.29, 1.82) is 0 Å². The Bertz CT molecular complexity index is 221. The van der Waals surface area contributed by atoms with Gasteiger partial charge in [0, 0.05) is 11.8 Å². The van der Waals surface area contributed by atoms with E-state index in [1.54, 1.807) is 0 Å². The second-order valence-electron chi connectivity index (χ2n) is 6.25. The Hall–Kier alpha value is -0.370. The summed E-state index contributed by atoms with van der Waals surface area (Å²) in [4.78, 5) is 11.7. The van der Waals surface area contributed by atoms with Gasteiger partial charge < -0.3 is 5.11 Å². The zero-order valence-corrected chi connectivity index (χ0v) is 11.0. The molecule has 0 amide bonds. The van der Waals surface area contributed by atoms with Crippen LogP contribution in [0.5, 0.6) is 0 Å². The SMILES string of the molecule is CC(C)(C)C(=O)CCC(O)CC1CCCC1. The van der Waals surface area contributed by atoms with Gasteiger partial charge in [-0.1, -0.05) is 46.5 Å². The Morgan fingerprint density at radius 1 is 1.31 bits per heavy atom. The van der Waals surface area contributed by atoms with E-state index in [0.717, 1.165) is 6.42 Å². The first-order chi connectivity index (χ1) is 7.39. The predicted molar refractivity (Wildman–Crippen MR) is 66.3 cm³/mol. The van der Waals surface area contributed by atoms with Crippen molar-refractivity contribution in [3.8, 4) is 0 Å². The highest BCUT2D eigenvalue weighted by Crippen LogP contribution is 2.29. The van der Waals surface area contributed by atoms with E-state index in [0.29, 0.717) is 18.8 Å². The summed E-state index contributed by atoms with van der Waals surface area (Å²) in [6.45, 7) is 5.83. The molecule has 0 spiro atoms. The summed E-state index contributed by atoms with van der Waals surface area (Å²) in [5.41, 5.74) is -0.257. The van der Waals surface area contributed by atoms with Crippen molar-refractivity contribution in [2.45, 2.75) is 71.8 Å². The number of aliphatic hydroxyl groups excluding tert-OH is 1. The molecule has 16 heavy (non-hydrogen) atoms. The normalized spacial score (nSPS) is 20.0. The Balaban J connectivity index is 2.19. The molecule has 0 aromatic carbocycles. The minimum absolute atomic E-state index is 0.257. The lowest BCUT2D eigenvalue weighted by Crippen LogP contribution is -2.22. The van der Waals surface area contributed by atoms with Crippen molar-refractivity contribution >= 4 is 5.78 Å². The number of Topliss-reactive ketones (excluding diaryl/α,β-unsaturated/α-hetero) is 1. The molecule has 0 aromatic heterocycles. The van der Waals surface area contributed by atoms with Crippen molar-refractivity contribution < 1.29 is 9.90 Å². The minimum Gasteiger partial charge on any atom is -0.393 e. The largest absolute Gasteiger partial charge is 0.393 e. The number of carbonyl (C=O) groups is 1. The topological polar surface area (TPSA) is 37.3 Å². The highest BCUT2D eigenvalue weighted by atomic mass is 16.3. The van der Waals surface area contributed by atoms with Gasteiger partial charge in [0.15, 0.2) is 0 Å². The number of hydrogen-bond donors (Lipinski definition) is 1. The Kier molecular flexibility index (Phi) is 4.97. The lowest BCUT2D eigenvalue weighted by Gasteiger charge is -2.19. The third-order valence-corrected chi connectivity index (χ3v) is 3.62. The Morgan fingerprint density at radius 3 is 2.38 bits per heavy atom. The first-order valence-electron chi connectivity index (χ1n) is 6.61. The van der Waals surface area contributed by atoms with Crippen LogP contribution in [0.25, 0.3) is 0 Å². The fraction of sp³-hybridized carbons (Fsp3) is 0.929. The summed E-state index contributed by atoms with van der Waals surface area (Å²) in [6, 6.07) is 0. The molecule has 2 heteroatoms. The van der Waals surface area contributed by atoms with Gasteiger partial charge >= 0.3 is 0 Å². The van der Waals surface area contributed by atoms with Crippen LogP contribution in [-0.2, 0) is 4.79 Å². The standard InChI is InChI=1S/C14H26O2/c1-14(2,3)13(16)9-8-12(15)10-11-6-4-5-7-11/h11-12,15H,4-10H2,1-3H3. The summed E-state index contributed by atoms with van der Waals surface area (Å²) in [7, 11) is 0. The summed E-state index contributed by atoms with van der Waals surface area (Å²) in [6.07, 6.45) is 6.97. The van der Waals surface area contributed by atoms with Crippen LogP contribution in [-0.4, -0.2) is 17.0 Å². The van der Waals surface area contributed by atoms with E-state index in [4.69, 9.17) is 0 Å². The van der Waals surface area contributed by atoms with Crippen molar-refractivity contribution in [2.75, 3.05) is 0 Å². The number of ketones is 1. The van der Waals surface area contributed by atoms with E-state index in [-0.39, 0.29) is 17.3 Å². The van der Waals surface area contributed by atoms with E-state index in [1.807, 2.05) is 20.8 Å². The maximum atomic E-state index is 11.7. The highest BCUT2D eigenvalue weighted by Gasteiger charge is 2.23. The van der Waals surface area contributed by atoms with Gasteiger partial charge in [-0.15, -0.1) is 0 Å². The van der Waals surface area contributed by atoms with Gasteiger partial charge in [-0.2, -0.15) is 0 Å². The van der Waals surface area contributed by atoms with Crippen LogP contribution in [0.3, 0.4) is 0 Å². The molecule has 1 saturated carbocycles. The second-order valence-corrected chi connectivity index (χ2v) is 6.25. The first-order valence-corrected chi connectivity index (χ1v) is 6.61. The lowest BCUT2D eigenvalue weighted by atomic mass is 9.87. The van der Waals surface area contributed by atoms with Gasteiger partial charge in [-0.3, -0.25) is 4.79 Å². The van der Waals surface area contributed by atoms with Gasteiger partial charge in [0.05, 0.1) is 6.10 Å². The molecule has 1 atom stereocenters. The maximum Gasteiger partial charge on any atom is 0.138 e. The van der Waals surface area contributed by atoms with Gasteiger partial charge in [0.1, 0.15) is 5.78 Å². The smallest absolute Gasteiger partial charge is 0.138 e. The Morgan fingerprint density at radius 2 is 1.88 bits per heavy atom. The fourth-order valence-corrected chi connectivity index (χ4v) is 2.42. The van der Waals surface area contributed by atoms with E-state index >= 15 is 0 Å². The quantitative estimate of drug-likeness (QED) is 0.780. The Labute approximate surface area is 99.4 Å². The molecule has 1 unspecified atom stereocenters. The predicted octanol–water partition coefficient (Wildman–Crippen LogP) is 3.32. The average molecular weight is 226 g/mol. The number of rotatable bonds is 5. The molecule has 0 heterocycles. The van der Waals surface area contributed by atoms with Gasteiger partial charge in [0.2, 0.25) is 0 Å². The van der Waals surface area contributed by atoms with Gasteiger partial charge in [0.25, 0.3) is 0 Å². The van der Waals surface area contributed by atoms with Gasteiger partial charge in [-0.25, -0.2) is 0 Å². The van der Waals surface area contributed by atoms with E-state index in [2.05, 4.69) is 0 Å². The molecule has 0 saturated heterocycles. The average Bonchev–Trinajstić information content (AvgIpc) is 2.65. The zero-order chi connectivity index (χ0) is 12.2. The summed E-state index contributed by atoms with van der Waals surface area (Å²) in [5.74, 6) is 0.970. The van der Waals surface area contributed by atoms with Crippen LogP contribution >= 0.6 is 0 Å².